The molecule has 0 unspecified atom stereocenters. The van der Waals surface area contributed by atoms with Crippen LogP contribution < -0.4 is 27.5 Å². The maximum Gasteiger partial charge on any atom is 0.414 e. The van der Waals surface area contributed by atoms with Crippen LogP contribution in [0.4, 0.5) is 26.7 Å². The van der Waals surface area contributed by atoms with E-state index in [-0.39, 0.29) is 42.7 Å². The molecule has 0 fully saturated rings. The second-order valence-electron chi connectivity index (χ2n) is 10.3. The molecular weight excluding hydrogens is 542 g/mol. The highest BCUT2D eigenvalue weighted by Gasteiger charge is 2.25. The molecule has 0 bridgehead atoms. The SMILES string of the molecule is CN(C)CC[NH2+]C(=O)Cc1ccc(N(C)C(=O)OCc2ccc([N+](=O)[O-])cc2N(C)C(=O)OC(C)(C)C)cc1.[Cl-]. The van der Waals surface area contributed by atoms with E-state index in [4.69, 9.17) is 9.47 Å². The molecule has 0 spiro atoms. The Morgan fingerprint density at radius 1 is 0.950 bits per heavy atom. The smallest absolute Gasteiger partial charge is 0.414 e. The third-order valence-corrected chi connectivity index (χ3v) is 5.58. The highest BCUT2D eigenvalue weighted by Crippen LogP contribution is 2.28. The number of carbonyl (C=O) groups excluding carboxylic acids is 3. The molecular formula is C27H38ClN5O7. The minimum atomic E-state index is -0.769. The van der Waals surface area contributed by atoms with Crippen LogP contribution in [0.3, 0.4) is 0 Å². The normalized spacial score (nSPS) is 10.9. The van der Waals surface area contributed by atoms with Gasteiger partial charge in [-0.15, -0.1) is 0 Å². The molecule has 3 amide bonds. The number of likely N-dealkylation sites (N-methyl/N-ethyl adjacent to an activating group) is 1. The number of benzene rings is 2. The van der Waals surface area contributed by atoms with Crippen molar-refractivity contribution in [2.75, 3.05) is 51.1 Å². The van der Waals surface area contributed by atoms with Crippen molar-refractivity contribution in [3.63, 3.8) is 0 Å². The van der Waals surface area contributed by atoms with Crippen LogP contribution in [-0.4, -0.2) is 74.8 Å². The van der Waals surface area contributed by atoms with E-state index in [1.54, 1.807) is 57.4 Å². The van der Waals surface area contributed by atoms with Crippen molar-refractivity contribution < 1.29 is 46.5 Å². The van der Waals surface area contributed by atoms with Gasteiger partial charge in [0.1, 0.15) is 12.2 Å². The maximum absolute atomic E-state index is 12.8. The maximum atomic E-state index is 12.8. The van der Waals surface area contributed by atoms with Gasteiger partial charge in [0.25, 0.3) is 5.69 Å². The Morgan fingerprint density at radius 3 is 2.12 bits per heavy atom. The third kappa shape index (κ3) is 10.8. The first kappa shape index (κ1) is 34.3. The summed E-state index contributed by atoms with van der Waals surface area (Å²) in [6, 6.07) is 10.9. The number of nitrogens with two attached hydrogens (primary N) is 1. The summed E-state index contributed by atoms with van der Waals surface area (Å²) in [7, 11) is 6.87. The molecule has 2 N–H and O–H groups in total. The lowest BCUT2D eigenvalue weighted by atomic mass is 10.1. The molecule has 0 aliphatic carbocycles. The quantitative estimate of drug-likeness (QED) is 0.305. The van der Waals surface area contributed by atoms with Crippen LogP contribution in [0.25, 0.3) is 0 Å². The number of primary amides is 1. The topological polar surface area (TPSA) is 139 Å². The van der Waals surface area contributed by atoms with Crippen molar-refractivity contribution in [2.45, 2.75) is 39.4 Å². The van der Waals surface area contributed by atoms with Crippen molar-refractivity contribution in [1.82, 2.24) is 4.90 Å². The van der Waals surface area contributed by atoms with Crippen molar-refractivity contribution in [3.8, 4) is 0 Å². The lowest BCUT2D eigenvalue weighted by Crippen LogP contribution is -3.00. The fourth-order valence-electron chi connectivity index (χ4n) is 3.47. The summed E-state index contributed by atoms with van der Waals surface area (Å²) in [4.78, 5) is 52.7. The first-order valence-corrected chi connectivity index (χ1v) is 12.4. The molecule has 0 heterocycles. The Labute approximate surface area is 240 Å². The number of non-ortho nitro benzene ring substituents is 1. The molecule has 0 saturated carbocycles. The van der Waals surface area contributed by atoms with Crippen LogP contribution >= 0.6 is 0 Å². The Bertz CT molecular complexity index is 1180. The van der Waals surface area contributed by atoms with Gasteiger partial charge in [-0.1, -0.05) is 12.1 Å². The van der Waals surface area contributed by atoms with Crippen LogP contribution in [0.15, 0.2) is 42.5 Å². The largest absolute Gasteiger partial charge is 1.00 e. The van der Waals surface area contributed by atoms with Crippen LogP contribution in [-0.2, 0) is 27.3 Å². The number of nitro benzene ring substituents is 1. The fourth-order valence-corrected chi connectivity index (χ4v) is 3.47. The van der Waals surface area contributed by atoms with E-state index in [1.807, 2.05) is 19.0 Å². The van der Waals surface area contributed by atoms with Crippen LogP contribution in [0, 0.1) is 10.1 Å². The van der Waals surface area contributed by atoms with Gasteiger partial charge in [-0.05, 0) is 58.6 Å². The second-order valence-corrected chi connectivity index (χ2v) is 10.3. The van der Waals surface area contributed by atoms with Gasteiger partial charge < -0.3 is 26.8 Å². The zero-order valence-corrected chi connectivity index (χ0v) is 24.7. The van der Waals surface area contributed by atoms with Gasteiger partial charge in [0.2, 0.25) is 0 Å². The molecule has 220 valence electrons. The summed E-state index contributed by atoms with van der Waals surface area (Å²) in [5, 5.41) is 13.0. The van der Waals surface area contributed by atoms with Crippen molar-refractivity contribution in [1.29, 1.82) is 0 Å². The Kier molecular flexibility index (Phi) is 13.0. The van der Waals surface area contributed by atoms with Crippen LogP contribution in [0.1, 0.15) is 31.9 Å². The number of carbonyl (C=O) groups is 3. The number of ether oxygens (including phenoxy) is 2. The summed E-state index contributed by atoms with van der Waals surface area (Å²) in [6.45, 7) is 6.37. The summed E-state index contributed by atoms with van der Waals surface area (Å²) in [6.07, 6.45) is -1.10. The van der Waals surface area contributed by atoms with Gasteiger partial charge in [0, 0.05) is 44.0 Å². The number of hydrogen-bond acceptors (Lipinski definition) is 8. The molecule has 13 heteroatoms. The molecule has 2 rings (SSSR count). The van der Waals surface area contributed by atoms with Crippen molar-refractivity contribution in [3.05, 3.63) is 63.7 Å². The number of halogens is 1. The van der Waals surface area contributed by atoms with Crippen molar-refractivity contribution in [2.24, 2.45) is 0 Å². The molecule has 0 saturated heterocycles. The standard InChI is InChI=1S/C27H37N5O7.ClH/c1-27(2,3)39-26(35)31(7)23-17-22(32(36)37)13-10-20(23)18-38-25(34)30(6)21-11-8-19(9-12-21)16-24(33)28-14-15-29(4)5;/h8-13,17H,14-16,18H2,1-7H3,(H,28,33);1H. The summed E-state index contributed by atoms with van der Waals surface area (Å²) in [5.41, 5.74) is 0.964. The Balaban J connectivity index is 0.00000800. The van der Waals surface area contributed by atoms with Gasteiger partial charge in [0.05, 0.1) is 23.6 Å². The zero-order chi connectivity index (χ0) is 29.3. The number of nitro groups is 1. The molecule has 0 aliphatic rings. The summed E-state index contributed by atoms with van der Waals surface area (Å²) in [5.74, 6) is 0.0348. The molecule has 40 heavy (non-hydrogen) atoms. The van der Waals surface area contributed by atoms with E-state index in [0.29, 0.717) is 17.8 Å². The second kappa shape index (κ2) is 15.2. The van der Waals surface area contributed by atoms with Gasteiger partial charge in [-0.25, -0.2) is 14.4 Å². The zero-order valence-electron chi connectivity index (χ0n) is 24.0. The molecule has 0 atom stereocenters. The highest BCUT2D eigenvalue weighted by atomic mass is 35.5. The average molecular weight is 580 g/mol. The molecule has 0 aliphatic heterocycles. The monoisotopic (exact) mass is 579 g/mol. The van der Waals surface area contributed by atoms with E-state index in [1.165, 1.54) is 30.1 Å². The number of rotatable bonds is 10. The number of anilines is 2. The lowest BCUT2D eigenvalue weighted by Gasteiger charge is -2.26. The molecule has 2 aromatic rings. The van der Waals surface area contributed by atoms with Gasteiger partial charge in [-0.3, -0.25) is 25.2 Å². The molecule has 0 radical (unpaired) electrons. The lowest BCUT2D eigenvalue weighted by molar-refractivity contribution is -0.568. The predicted octanol–water partition coefficient (Wildman–Crippen LogP) is -0.0628. The van der Waals surface area contributed by atoms with Gasteiger partial charge in [0.15, 0.2) is 0 Å². The first-order chi connectivity index (χ1) is 18.2. The molecule has 12 nitrogen and oxygen atoms in total. The van der Waals surface area contributed by atoms with Crippen LogP contribution in [0.2, 0.25) is 0 Å². The average Bonchev–Trinajstić information content (AvgIpc) is 2.85. The molecule has 2 aromatic carbocycles. The number of amides is 3. The van der Waals surface area contributed by atoms with Crippen LogP contribution in [0.5, 0.6) is 0 Å². The van der Waals surface area contributed by atoms with Crippen molar-refractivity contribution >= 4 is 35.2 Å². The fraction of sp³-hybridized carbons (Fsp3) is 0.444. The summed E-state index contributed by atoms with van der Waals surface area (Å²) < 4.78 is 10.8. The molecule has 0 aromatic heterocycles. The summed E-state index contributed by atoms with van der Waals surface area (Å²) >= 11 is 0. The third-order valence-electron chi connectivity index (χ3n) is 5.58. The van der Waals surface area contributed by atoms with E-state index in [9.17, 15) is 24.5 Å². The van der Waals surface area contributed by atoms with E-state index >= 15 is 0 Å². The predicted molar refractivity (Wildman–Crippen MR) is 147 cm³/mol. The van der Waals surface area contributed by atoms with E-state index in [0.717, 1.165) is 17.0 Å². The minimum Gasteiger partial charge on any atom is -1.00 e. The number of quaternary nitrogens is 1. The van der Waals surface area contributed by atoms with E-state index < -0.39 is 22.7 Å². The minimum absolute atomic E-state index is 0. The van der Waals surface area contributed by atoms with Gasteiger partial charge in [-0.2, -0.15) is 0 Å². The number of nitrogens with zero attached hydrogens (tertiary/aromatic N) is 4. The Hall–Kier alpha value is -3.74. The van der Waals surface area contributed by atoms with E-state index in [2.05, 4.69) is 0 Å². The van der Waals surface area contributed by atoms with Gasteiger partial charge >= 0.3 is 18.1 Å². The highest BCUT2D eigenvalue weighted by molar-refractivity contribution is 5.89. The Morgan fingerprint density at radius 2 is 1.57 bits per heavy atom. The number of hydrogen-bond donors (Lipinski definition) is 1. The first-order valence-electron chi connectivity index (χ1n) is 12.4.